The van der Waals surface area contributed by atoms with Crippen molar-refractivity contribution in [2.75, 3.05) is 23.3 Å². The van der Waals surface area contributed by atoms with Gasteiger partial charge in [-0.15, -0.1) is 0 Å². The third kappa shape index (κ3) is 3.58. The van der Waals surface area contributed by atoms with Crippen molar-refractivity contribution >= 4 is 11.4 Å². The van der Waals surface area contributed by atoms with E-state index in [-0.39, 0.29) is 17.5 Å². The number of anilines is 2. The van der Waals surface area contributed by atoms with Crippen LogP contribution in [0, 0.1) is 39.8 Å². The molecule has 1 aliphatic rings. The highest BCUT2D eigenvalue weighted by Crippen LogP contribution is 2.32. The molecule has 0 bridgehead atoms. The van der Waals surface area contributed by atoms with Gasteiger partial charge in [0.2, 0.25) is 0 Å². The molecule has 1 aromatic carbocycles. The van der Waals surface area contributed by atoms with E-state index in [4.69, 9.17) is 15.8 Å². The van der Waals surface area contributed by atoms with E-state index in [9.17, 15) is 9.50 Å². The number of nitrogens with one attached hydrogen (secondary N) is 1. The quantitative estimate of drug-likeness (QED) is 0.827. The number of aliphatic hydroxyl groups is 1. The Morgan fingerprint density at radius 2 is 1.83 bits per heavy atom. The molecular formula is C16H14FN5O. The van der Waals surface area contributed by atoms with E-state index in [0.29, 0.717) is 31.6 Å². The van der Waals surface area contributed by atoms with Gasteiger partial charge >= 0.3 is 0 Å². The van der Waals surface area contributed by atoms with E-state index in [1.807, 2.05) is 4.90 Å². The van der Waals surface area contributed by atoms with Crippen molar-refractivity contribution in [3.63, 3.8) is 0 Å². The van der Waals surface area contributed by atoms with Crippen LogP contribution in [0.25, 0.3) is 0 Å². The number of hydrogen-bond acceptors (Lipinski definition) is 6. The lowest BCUT2D eigenvalue weighted by atomic mass is 10.1. The number of aliphatic hydroxyl groups excluding tert-OH is 1. The third-order valence-corrected chi connectivity index (χ3v) is 3.63. The topological polar surface area (TPSA) is 107 Å². The summed E-state index contributed by atoms with van der Waals surface area (Å²) in [5, 5.41) is 39.0. The Labute approximate surface area is 133 Å². The van der Waals surface area contributed by atoms with Crippen LogP contribution < -0.4 is 10.2 Å². The Balaban J connectivity index is 2.40. The Morgan fingerprint density at radius 1 is 1.17 bits per heavy atom. The monoisotopic (exact) mass is 311 g/mol. The van der Waals surface area contributed by atoms with Crippen molar-refractivity contribution in [3.05, 3.63) is 35.3 Å². The van der Waals surface area contributed by atoms with Gasteiger partial charge in [0, 0.05) is 13.1 Å². The van der Waals surface area contributed by atoms with Gasteiger partial charge in [0.15, 0.2) is 5.57 Å². The number of allylic oxidation sites excluding steroid dienone is 2. The van der Waals surface area contributed by atoms with Crippen LogP contribution in [0.3, 0.4) is 0 Å². The van der Waals surface area contributed by atoms with Crippen molar-refractivity contribution in [2.45, 2.75) is 18.9 Å². The highest BCUT2D eigenvalue weighted by atomic mass is 19.1. The Morgan fingerprint density at radius 3 is 2.39 bits per heavy atom. The first-order valence-electron chi connectivity index (χ1n) is 7.03. The van der Waals surface area contributed by atoms with Crippen molar-refractivity contribution in [2.24, 2.45) is 0 Å². The molecule has 0 aliphatic carbocycles. The van der Waals surface area contributed by atoms with E-state index in [0.717, 1.165) is 0 Å². The molecule has 0 amide bonds. The van der Waals surface area contributed by atoms with Crippen LogP contribution in [0.2, 0.25) is 0 Å². The Hall–Kier alpha value is -3.08. The van der Waals surface area contributed by atoms with Crippen LogP contribution >= 0.6 is 0 Å². The van der Waals surface area contributed by atoms with Crippen LogP contribution in [0.5, 0.6) is 0 Å². The molecule has 1 saturated heterocycles. The number of rotatable bonds is 3. The normalized spacial score (nSPS) is 14.3. The zero-order valence-corrected chi connectivity index (χ0v) is 12.3. The van der Waals surface area contributed by atoms with Crippen molar-refractivity contribution in [1.82, 2.24) is 0 Å². The molecule has 116 valence electrons. The Bertz CT molecular complexity index is 729. The number of para-hydroxylation sites is 1. The molecule has 0 aromatic heterocycles. The van der Waals surface area contributed by atoms with Crippen molar-refractivity contribution in [3.8, 4) is 18.2 Å². The molecule has 2 rings (SSSR count). The van der Waals surface area contributed by atoms with E-state index in [1.165, 1.54) is 6.07 Å². The zero-order chi connectivity index (χ0) is 16.8. The molecule has 23 heavy (non-hydrogen) atoms. The number of nitriles is 3. The van der Waals surface area contributed by atoms with Gasteiger partial charge in [-0.2, -0.15) is 15.8 Å². The molecule has 1 heterocycles. The molecule has 6 nitrogen and oxygen atoms in total. The van der Waals surface area contributed by atoms with Gasteiger partial charge < -0.3 is 15.3 Å². The fraction of sp³-hybridized carbons (Fsp3) is 0.312. The van der Waals surface area contributed by atoms with Crippen LogP contribution in [-0.4, -0.2) is 24.3 Å². The van der Waals surface area contributed by atoms with Gasteiger partial charge in [0.1, 0.15) is 29.7 Å². The summed E-state index contributed by atoms with van der Waals surface area (Å²) in [6.07, 6.45) is 0.770. The van der Waals surface area contributed by atoms with Crippen LogP contribution in [0.15, 0.2) is 29.5 Å². The van der Waals surface area contributed by atoms with Gasteiger partial charge in [0.05, 0.1) is 17.5 Å². The number of benzene rings is 1. The van der Waals surface area contributed by atoms with Gasteiger partial charge in [-0.25, -0.2) is 4.39 Å². The highest BCUT2D eigenvalue weighted by Gasteiger charge is 2.22. The maximum absolute atomic E-state index is 14.2. The molecule has 0 unspecified atom stereocenters. The van der Waals surface area contributed by atoms with Crippen LogP contribution in [0.1, 0.15) is 12.8 Å². The molecular weight excluding hydrogens is 297 g/mol. The first kappa shape index (κ1) is 16.3. The second-order valence-corrected chi connectivity index (χ2v) is 5.06. The number of nitrogens with zero attached hydrogens (tertiary/aromatic N) is 4. The summed E-state index contributed by atoms with van der Waals surface area (Å²) < 4.78 is 14.2. The summed E-state index contributed by atoms with van der Waals surface area (Å²) in [4.78, 5) is 1.89. The highest BCUT2D eigenvalue weighted by molar-refractivity contribution is 5.74. The minimum absolute atomic E-state index is 0.0449. The number of halogens is 1. The molecule has 2 N–H and O–H groups in total. The van der Waals surface area contributed by atoms with Crippen molar-refractivity contribution in [1.29, 1.82) is 15.8 Å². The first-order chi connectivity index (χ1) is 11.1. The molecule has 1 aliphatic heterocycles. The average molecular weight is 311 g/mol. The second-order valence-electron chi connectivity index (χ2n) is 5.06. The van der Waals surface area contributed by atoms with Gasteiger partial charge in [-0.3, -0.25) is 0 Å². The average Bonchev–Trinajstić information content (AvgIpc) is 2.57. The molecule has 7 heteroatoms. The Kier molecular flexibility index (Phi) is 5.15. The van der Waals surface area contributed by atoms with Crippen LogP contribution in [-0.2, 0) is 0 Å². The smallest absolute Gasteiger partial charge is 0.163 e. The van der Waals surface area contributed by atoms with Crippen LogP contribution in [0.4, 0.5) is 15.8 Å². The fourth-order valence-electron chi connectivity index (χ4n) is 2.41. The lowest BCUT2D eigenvalue weighted by molar-refractivity contribution is 0.145. The van der Waals surface area contributed by atoms with Gasteiger partial charge in [0.25, 0.3) is 0 Å². The zero-order valence-electron chi connectivity index (χ0n) is 12.3. The second kappa shape index (κ2) is 7.26. The van der Waals surface area contributed by atoms with E-state index >= 15 is 0 Å². The summed E-state index contributed by atoms with van der Waals surface area (Å²) in [7, 11) is 0. The molecule has 0 spiro atoms. The predicted octanol–water partition coefficient (Wildman–Crippen LogP) is 2.02. The summed E-state index contributed by atoms with van der Waals surface area (Å²) in [6, 6.07) is 9.41. The van der Waals surface area contributed by atoms with Gasteiger partial charge in [-0.05, 0) is 25.0 Å². The van der Waals surface area contributed by atoms with E-state index in [2.05, 4.69) is 5.32 Å². The summed E-state index contributed by atoms with van der Waals surface area (Å²) >= 11 is 0. The summed E-state index contributed by atoms with van der Waals surface area (Å²) in [5.74, 6) is -0.586. The molecule has 0 saturated carbocycles. The first-order valence-corrected chi connectivity index (χ1v) is 7.03. The van der Waals surface area contributed by atoms with E-state index in [1.54, 1.807) is 30.3 Å². The van der Waals surface area contributed by atoms with E-state index < -0.39 is 11.4 Å². The molecule has 1 fully saturated rings. The minimum atomic E-state index is -0.586. The SMILES string of the molecule is N#CC(C#N)=C(C#N)Nc1c(F)cccc1N1CCC(O)CC1. The minimum Gasteiger partial charge on any atom is -0.393 e. The van der Waals surface area contributed by atoms with Gasteiger partial charge in [-0.1, -0.05) is 6.07 Å². The number of hydrogen-bond donors (Lipinski definition) is 2. The summed E-state index contributed by atoms with van der Waals surface area (Å²) in [6.45, 7) is 1.10. The molecule has 0 atom stereocenters. The standard InChI is InChI=1S/C16H14FN5O/c17-13-2-1-3-15(22-6-4-12(23)5-7-22)16(13)21-14(10-20)11(8-18)9-19/h1-3,12,21,23H,4-7H2. The summed E-state index contributed by atoms with van der Waals surface area (Å²) in [5.41, 5.74) is -0.127. The lowest BCUT2D eigenvalue weighted by Crippen LogP contribution is -2.36. The molecule has 0 radical (unpaired) electrons. The largest absolute Gasteiger partial charge is 0.393 e. The molecule has 1 aromatic rings. The van der Waals surface area contributed by atoms with Crippen molar-refractivity contribution < 1.29 is 9.50 Å². The fourth-order valence-corrected chi connectivity index (χ4v) is 2.41. The third-order valence-electron chi connectivity index (χ3n) is 3.63. The number of piperidine rings is 1. The predicted molar refractivity (Wildman–Crippen MR) is 81.3 cm³/mol. The maximum Gasteiger partial charge on any atom is 0.163 e. The lowest BCUT2D eigenvalue weighted by Gasteiger charge is -2.33. The maximum atomic E-state index is 14.2.